The van der Waals surface area contributed by atoms with Crippen LogP contribution in [0.15, 0.2) is 12.1 Å². The summed E-state index contributed by atoms with van der Waals surface area (Å²) >= 11 is 0. The number of anilines is 1. The number of benzene rings is 1. The van der Waals surface area contributed by atoms with Gasteiger partial charge < -0.3 is 20.1 Å². The first-order chi connectivity index (χ1) is 9.10. The Labute approximate surface area is 115 Å². The lowest BCUT2D eigenvalue weighted by Gasteiger charge is -2.24. The lowest BCUT2D eigenvalue weighted by atomic mass is 10.1. The quantitative estimate of drug-likeness (QED) is 0.830. The fourth-order valence-electron chi connectivity index (χ4n) is 2.30. The van der Waals surface area contributed by atoms with Gasteiger partial charge in [0.05, 0.1) is 0 Å². The van der Waals surface area contributed by atoms with Crippen molar-refractivity contribution >= 4 is 5.69 Å². The number of fused-ring (bicyclic) bond motifs is 1. The molecule has 4 heteroatoms. The van der Waals surface area contributed by atoms with Crippen molar-refractivity contribution in [2.45, 2.75) is 26.8 Å². The van der Waals surface area contributed by atoms with Crippen LogP contribution in [-0.2, 0) is 6.54 Å². The zero-order chi connectivity index (χ0) is 13.8. The van der Waals surface area contributed by atoms with Crippen LogP contribution in [0.5, 0.6) is 11.5 Å². The molecular weight excluding hydrogens is 240 g/mol. The van der Waals surface area contributed by atoms with Crippen molar-refractivity contribution in [2.24, 2.45) is 5.92 Å². The Morgan fingerprint density at radius 3 is 2.53 bits per heavy atom. The molecule has 106 valence electrons. The third-order valence-corrected chi connectivity index (χ3v) is 3.56. The van der Waals surface area contributed by atoms with E-state index in [9.17, 15) is 0 Å². The highest BCUT2D eigenvalue weighted by molar-refractivity contribution is 5.58. The molecule has 0 saturated heterocycles. The average molecular weight is 264 g/mol. The number of nitrogens with two attached hydrogens (primary N) is 1. The third kappa shape index (κ3) is 3.53. The summed E-state index contributed by atoms with van der Waals surface area (Å²) in [6.07, 6.45) is 1.20. The van der Waals surface area contributed by atoms with E-state index < -0.39 is 0 Å². The predicted octanol–water partition coefficient (Wildman–Crippen LogP) is 2.52. The Hall–Kier alpha value is -1.42. The number of nitrogens with zero attached hydrogens (tertiary/aromatic N) is 1. The van der Waals surface area contributed by atoms with Gasteiger partial charge >= 0.3 is 0 Å². The lowest BCUT2D eigenvalue weighted by Crippen LogP contribution is -2.24. The molecule has 0 spiro atoms. The van der Waals surface area contributed by atoms with Crippen LogP contribution in [0.3, 0.4) is 0 Å². The van der Waals surface area contributed by atoms with Gasteiger partial charge in [-0.2, -0.15) is 0 Å². The van der Waals surface area contributed by atoms with E-state index in [2.05, 4.69) is 25.8 Å². The topological polar surface area (TPSA) is 47.7 Å². The summed E-state index contributed by atoms with van der Waals surface area (Å²) in [7, 11) is 2.13. The molecule has 0 radical (unpaired) electrons. The van der Waals surface area contributed by atoms with E-state index in [-0.39, 0.29) is 0 Å². The van der Waals surface area contributed by atoms with Crippen LogP contribution < -0.4 is 15.2 Å². The molecule has 1 aromatic rings. The molecule has 0 aliphatic carbocycles. The molecule has 1 atom stereocenters. The van der Waals surface area contributed by atoms with E-state index in [1.165, 1.54) is 6.42 Å². The SMILES string of the molecule is CCC(C)CN(C)Cc1cc2c(cc1N)OCCO2. The summed E-state index contributed by atoms with van der Waals surface area (Å²) in [5.41, 5.74) is 7.98. The minimum Gasteiger partial charge on any atom is -0.486 e. The van der Waals surface area contributed by atoms with Gasteiger partial charge in [0.1, 0.15) is 13.2 Å². The summed E-state index contributed by atoms with van der Waals surface area (Å²) in [6.45, 7) is 7.61. The van der Waals surface area contributed by atoms with E-state index in [4.69, 9.17) is 15.2 Å². The Balaban J connectivity index is 2.07. The average Bonchev–Trinajstić information content (AvgIpc) is 2.39. The third-order valence-electron chi connectivity index (χ3n) is 3.56. The van der Waals surface area contributed by atoms with Crippen molar-refractivity contribution in [1.82, 2.24) is 4.90 Å². The van der Waals surface area contributed by atoms with E-state index in [0.717, 1.165) is 35.8 Å². The van der Waals surface area contributed by atoms with Crippen LogP contribution in [0, 0.1) is 5.92 Å². The van der Waals surface area contributed by atoms with Crippen molar-refractivity contribution in [1.29, 1.82) is 0 Å². The molecule has 0 saturated carbocycles. The van der Waals surface area contributed by atoms with Crippen molar-refractivity contribution in [2.75, 3.05) is 32.5 Å². The second kappa shape index (κ2) is 6.15. The monoisotopic (exact) mass is 264 g/mol. The molecule has 1 aliphatic heterocycles. The molecule has 0 aromatic heterocycles. The molecule has 2 N–H and O–H groups in total. The van der Waals surface area contributed by atoms with Crippen LogP contribution in [0.25, 0.3) is 0 Å². The first-order valence-corrected chi connectivity index (χ1v) is 6.96. The van der Waals surface area contributed by atoms with Gasteiger partial charge in [0.2, 0.25) is 0 Å². The van der Waals surface area contributed by atoms with Crippen LogP contribution in [0.1, 0.15) is 25.8 Å². The van der Waals surface area contributed by atoms with E-state index in [1.807, 2.05) is 12.1 Å². The fourth-order valence-corrected chi connectivity index (χ4v) is 2.30. The number of nitrogen functional groups attached to an aromatic ring is 1. The zero-order valence-corrected chi connectivity index (χ0v) is 12.1. The zero-order valence-electron chi connectivity index (χ0n) is 12.1. The van der Waals surface area contributed by atoms with Gasteiger partial charge in [-0.25, -0.2) is 0 Å². The molecule has 0 bridgehead atoms. The fraction of sp³-hybridized carbons (Fsp3) is 0.600. The largest absolute Gasteiger partial charge is 0.486 e. The van der Waals surface area contributed by atoms with Gasteiger partial charge in [0, 0.05) is 24.8 Å². The smallest absolute Gasteiger partial charge is 0.163 e. The minimum atomic E-state index is 0.597. The highest BCUT2D eigenvalue weighted by atomic mass is 16.6. The molecule has 1 unspecified atom stereocenters. The molecule has 1 aromatic carbocycles. The molecule has 2 rings (SSSR count). The molecule has 4 nitrogen and oxygen atoms in total. The summed E-state index contributed by atoms with van der Waals surface area (Å²) in [5, 5.41) is 0. The van der Waals surface area contributed by atoms with Gasteiger partial charge in [-0.3, -0.25) is 0 Å². The van der Waals surface area contributed by atoms with Crippen LogP contribution in [0.2, 0.25) is 0 Å². The number of rotatable bonds is 5. The summed E-state index contributed by atoms with van der Waals surface area (Å²) < 4.78 is 11.1. The van der Waals surface area contributed by atoms with Gasteiger partial charge in [-0.1, -0.05) is 20.3 Å². The maximum Gasteiger partial charge on any atom is 0.163 e. The van der Waals surface area contributed by atoms with E-state index in [1.54, 1.807) is 0 Å². The number of ether oxygens (including phenoxy) is 2. The summed E-state index contributed by atoms with van der Waals surface area (Å²) in [4.78, 5) is 2.30. The highest BCUT2D eigenvalue weighted by Crippen LogP contribution is 2.34. The molecule has 1 heterocycles. The second-order valence-corrected chi connectivity index (χ2v) is 5.40. The Morgan fingerprint density at radius 2 is 1.89 bits per heavy atom. The summed E-state index contributed by atoms with van der Waals surface area (Å²) in [5.74, 6) is 2.27. The first-order valence-electron chi connectivity index (χ1n) is 6.96. The predicted molar refractivity (Wildman–Crippen MR) is 77.6 cm³/mol. The minimum absolute atomic E-state index is 0.597. The Kier molecular flexibility index (Phi) is 4.53. The van der Waals surface area contributed by atoms with Gasteiger partial charge in [-0.15, -0.1) is 0 Å². The molecule has 0 amide bonds. The highest BCUT2D eigenvalue weighted by Gasteiger charge is 2.15. The lowest BCUT2D eigenvalue weighted by molar-refractivity contribution is 0.171. The van der Waals surface area contributed by atoms with Gasteiger partial charge in [0.25, 0.3) is 0 Å². The normalized spacial score (nSPS) is 15.6. The molecule has 1 aliphatic rings. The number of hydrogen-bond acceptors (Lipinski definition) is 4. The Bertz CT molecular complexity index is 434. The maximum absolute atomic E-state index is 6.09. The molecule has 19 heavy (non-hydrogen) atoms. The number of hydrogen-bond donors (Lipinski definition) is 1. The molecular formula is C15H24N2O2. The molecule has 0 fully saturated rings. The van der Waals surface area contributed by atoms with Crippen molar-refractivity contribution in [3.8, 4) is 11.5 Å². The van der Waals surface area contributed by atoms with Crippen LogP contribution >= 0.6 is 0 Å². The van der Waals surface area contributed by atoms with E-state index in [0.29, 0.717) is 19.1 Å². The second-order valence-electron chi connectivity index (χ2n) is 5.40. The van der Waals surface area contributed by atoms with Crippen molar-refractivity contribution in [3.63, 3.8) is 0 Å². The van der Waals surface area contributed by atoms with Crippen molar-refractivity contribution in [3.05, 3.63) is 17.7 Å². The summed E-state index contributed by atoms with van der Waals surface area (Å²) in [6, 6.07) is 3.89. The standard InChI is InChI=1S/C15H24N2O2/c1-4-11(2)9-17(3)10-12-7-14-15(8-13(12)16)19-6-5-18-14/h7-8,11H,4-6,9-10,16H2,1-3H3. The van der Waals surface area contributed by atoms with Crippen LogP contribution in [-0.4, -0.2) is 31.7 Å². The van der Waals surface area contributed by atoms with Crippen LogP contribution in [0.4, 0.5) is 5.69 Å². The van der Waals surface area contributed by atoms with Gasteiger partial charge in [0.15, 0.2) is 11.5 Å². The first kappa shape index (κ1) is 14.0. The maximum atomic E-state index is 6.09. The van der Waals surface area contributed by atoms with Gasteiger partial charge in [-0.05, 0) is 24.6 Å². The Morgan fingerprint density at radius 1 is 1.26 bits per heavy atom. The van der Waals surface area contributed by atoms with E-state index >= 15 is 0 Å². The van der Waals surface area contributed by atoms with Crippen molar-refractivity contribution < 1.29 is 9.47 Å².